The van der Waals surface area contributed by atoms with Crippen LogP contribution in [0.5, 0.6) is 0 Å². The number of aromatic nitrogens is 4. The lowest BCUT2D eigenvalue weighted by Crippen LogP contribution is -2.15. The van der Waals surface area contributed by atoms with Crippen LogP contribution in [0.3, 0.4) is 0 Å². The van der Waals surface area contributed by atoms with E-state index in [1.807, 2.05) is 28.8 Å². The van der Waals surface area contributed by atoms with Gasteiger partial charge in [-0.3, -0.25) is 14.1 Å². The predicted octanol–water partition coefficient (Wildman–Crippen LogP) is 5.87. The Kier molecular flexibility index (Phi) is 8.29. The zero-order valence-electron chi connectivity index (χ0n) is 22.6. The predicted molar refractivity (Wildman–Crippen MR) is 161 cm³/mol. The molecule has 3 heterocycles. The molecule has 1 amide bonds. The maximum Gasteiger partial charge on any atom is 0.263 e. The Morgan fingerprint density at radius 2 is 1.80 bits per heavy atom. The summed E-state index contributed by atoms with van der Waals surface area (Å²) in [4.78, 5) is 16.8. The molecule has 10 nitrogen and oxygen atoms in total. The van der Waals surface area contributed by atoms with Crippen molar-refractivity contribution in [3.63, 3.8) is 0 Å². The fourth-order valence-corrected chi connectivity index (χ4v) is 6.45. The van der Waals surface area contributed by atoms with Crippen molar-refractivity contribution < 1.29 is 17.6 Å². The second-order valence-electron chi connectivity index (χ2n) is 10.1. The molecule has 0 radical (unpaired) electrons. The number of carbonyl (C=O) groups is 1. The molecule has 0 fully saturated rings. The maximum absolute atomic E-state index is 12.8. The lowest BCUT2D eigenvalue weighted by molar-refractivity contribution is -0.113. The summed E-state index contributed by atoms with van der Waals surface area (Å²) in [5, 5.41) is 14.1. The SMILES string of the molecule is CC(C)(C)c1ccc(-c2nnc(SCC(=O)Nc3ccc(S(=O)(=O)Nc4nccs4)cc3)n2Cc2ccco2)cc1. The van der Waals surface area contributed by atoms with Gasteiger partial charge in [0.05, 0.1) is 23.5 Å². The van der Waals surface area contributed by atoms with Crippen LogP contribution in [-0.4, -0.2) is 39.8 Å². The van der Waals surface area contributed by atoms with E-state index in [1.54, 1.807) is 11.6 Å². The number of benzene rings is 2. The molecule has 0 unspecified atom stereocenters. The number of thioether (sulfide) groups is 1. The molecule has 0 aliphatic heterocycles. The number of hydrogen-bond acceptors (Lipinski definition) is 9. The molecular formula is C28H28N6O4S3. The minimum Gasteiger partial charge on any atom is -0.467 e. The van der Waals surface area contributed by atoms with E-state index in [2.05, 4.69) is 58.1 Å². The number of rotatable bonds is 10. The molecule has 41 heavy (non-hydrogen) atoms. The van der Waals surface area contributed by atoms with Crippen LogP contribution in [0.4, 0.5) is 10.8 Å². The fourth-order valence-electron chi connectivity index (χ4n) is 3.92. The van der Waals surface area contributed by atoms with Gasteiger partial charge in [0.1, 0.15) is 5.76 Å². The molecule has 0 saturated carbocycles. The number of nitrogens with one attached hydrogen (secondary N) is 2. The first kappa shape index (κ1) is 28.6. The highest BCUT2D eigenvalue weighted by Gasteiger charge is 2.20. The molecule has 2 aromatic carbocycles. The van der Waals surface area contributed by atoms with Gasteiger partial charge in [0, 0.05) is 22.8 Å². The van der Waals surface area contributed by atoms with Crippen molar-refractivity contribution in [1.82, 2.24) is 19.7 Å². The van der Waals surface area contributed by atoms with Gasteiger partial charge in [-0.25, -0.2) is 13.4 Å². The van der Waals surface area contributed by atoms with Gasteiger partial charge in [-0.05, 0) is 47.4 Å². The number of furan rings is 1. The average molecular weight is 609 g/mol. The molecule has 0 saturated heterocycles. The Bertz CT molecular complexity index is 1710. The van der Waals surface area contributed by atoms with Gasteiger partial charge in [-0.15, -0.1) is 21.5 Å². The number of carbonyl (C=O) groups excluding carboxylic acids is 1. The van der Waals surface area contributed by atoms with E-state index in [9.17, 15) is 13.2 Å². The summed E-state index contributed by atoms with van der Waals surface area (Å²) in [5.41, 5.74) is 2.63. The molecule has 0 bridgehead atoms. The highest BCUT2D eigenvalue weighted by atomic mass is 32.2. The number of anilines is 2. The van der Waals surface area contributed by atoms with Crippen LogP contribution in [0.1, 0.15) is 32.1 Å². The van der Waals surface area contributed by atoms with E-state index < -0.39 is 10.0 Å². The van der Waals surface area contributed by atoms with Crippen molar-refractivity contribution in [3.8, 4) is 11.4 Å². The normalized spacial score (nSPS) is 11.9. The van der Waals surface area contributed by atoms with Crippen LogP contribution in [0.25, 0.3) is 11.4 Å². The van der Waals surface area contributed by atoms with Gasteiger partial charge < -0.3 is 9.73 Å². The van der Waals surface area contributed by atoms with Crippen LogP contribution in [0.2, 0.25) is 0 Å². The Hall–Kier alpha value is -3.94. The van der Waals surface area contributed by atoms with Crippen LogP contribution >= 0.6 is 23.1 Å². The van der Waals surface area contributed by atoms with E-state index in [-0.39, 0.29) is 27.1 Å². The van der Waals surface area contributed by atoms with Crippen LogP contribution in [-0.2, 0) is 26.8 Å². The minimum atomic E-state index is -3.78. The maximum atomic E-state index is 12.8. The first-order chi connectivity index (χ1) is 19.6. The van der Waals surface area contributed by atoms with Crippen molar-refractivity contribution in [1.29, 1.82) is 0 Å². The van der Waals surface area contributed by atoms with Gasteiger partial charge >= 0.3 is 0 Å². The summed E-state index contributed by atoms with van der Waals surface area (Å²) < 4.78 is 35.0. The van der Waals surface area contributed by atoms with Crippen molar-refractivity contribution in [2.75, 3.05) is 15.8 Å². The summed E-state index contributed by atoms with van der Waals surface area (Å²) in [6.45, 7) is 6.90. The number of hydrogen-bond donors (Lipinski definition) is 2. The van der Waals surface area contributed by atoms with Crippen molar-refractivity contribution in [2.24, 2.45) is 0 Å². The molecule has 5 rings (SSSR count). The quantitative estimate of drug-likeness (QED) is 0.188. The largest absolute Gasteiger partial charge is 0.467 e. The standard InChI is InChI=1S/C28H28N6O4S3/c1-28(2,3)20-8-6-19(7-9-20)25-31-32-27(34(25)17-22-5-4-15-38-22)40-18-24(35)30-21-10-12-23(13-11-21)41(36,37)33-26-29-14-16-39-26/h4-16H,17-18H2,1-3H3,(H,29,33)(H,30,35). The van der Waals surface area contributed by atoms with Crippen molar-refractivity contribution in [3.05, 3.63) is 89.8 Å². The van der Waals surface area contributed by atoms with E-state index >= 15 is 0 Å². The summed E-state index contributed by atoms with van der Waals surface area (Å²) in [6, 6.07) is 17.9. The molecule has 3 aromatic heterocycles. The van der Waals surface area contributed by atoms with E-state index in [0.717, 1.165) is 11.3 Å². The third-order valence-corrected chi connectivity index (χ3v) is 9.19. The molecule has 212 valence electrons. The number of sulfonamides is 1. The number of nitrogens with zero attached hydrogens (tertiary/aromatic N) is 4. The lowest BCUT2D eigenvalue weighted by Gasteiger charge is -2.19. The zero-order valence-corrected chi connectivity index (χ0v) is 25.0. The second kappa shape index (κ2) is 11.9. The molecule has 0 aliphatic rings. The molecule has 0 spiro atoms. The molecule has 0 aliphatic carbocycles. The number of amides is 1. The summed E-state index contributed by atoms with van der Waals surface area (Å²) in [7, 11) is -3.78. The highest BCUT2D eigenvalue weighted by molar-refractivity contribution is 7.99. The lowest BCUT2D eigenvalue weighted by atomic mass is 9.87. The molecule has 5 aromatic rings. The second-order valence-corrected chi connectivity index (χ2v) is 13.6. The molecule has 0 atom stereocenters. The first-order valence-corrected chi connectivity index (χ1v) is 15.9. The van der Waals surface area contributed by atoms with E-state index in [0.29, 0.717) is 23.2 Å². The van der Waals surface area contributed by atoms with E-state index in [1.165, 1.54) is 59.1 Å². The topological polar surface area (TPSA) is 132 Å². The first-order valence-electron chi connectivity index (χ1n) is 12.6. The number of thiazole rings is 1. The summed E-state index contributed by atoms with van der Waals surface area (Å²) >= 11 is 2.44. The van der Waals surface area contributed by atoms with Gasteiger partial charge in [-0.1, -0.05) is 56.8 Å². The summed E-state index contributed by atoms with van der Waals surface area (Å²) in [6.07, 6.45) is 3.13. The highest BCUT2D eigenvalue weighted by Crippen LogP contribution is 2.29. The zero-order chi connectivity index (χ0) is 29.0. The van der Waals surface area contributed by atoms with Gasteiger partial charge in [-0.2, -0.15) is 0 Å². The van der Waals surface area contributed by atoms with Crippen molar-refractivity contribution in [2.45, 2.75) is 42.8 Å². The summed E-state index contributed by atoms with van der Waals surface area (Å²) in [5.74, 6) is 1.22. The Balaban J connectivity index is 1.27. The van der Waals surface area contributed by atoms with Gasteiger partial charge in [0.25, 0.3) is 10.0 Å². The average Bonchev–Trinajstić information content (AvgIpc) is 3.71. The molecule has 13 heteroatoms. The third-order valence-electron chi connectivity index (χ3n) is 6.05. The van der Waals surface area contributed by atoms with Gasteiger partial charge in [0.15, 0.2) is 16.1 Å². The molecule has 2 N–H and O–H groups in total. The van der Waals surface area contributed by atoms with Crippen LogP contribution in [0, 0.1) is 0 Å². The smallest absolute Gasteiger partial charge is 0.263 e. The third kappa shape index (κ3) is 7.04. The van der Waals surface area contributed by atoms with E-state index in [4.69, 9.17) is 4.42 Å². The van der Waals surface area contributed by atoms with Crippen LogP contribution < -0.4 is 10.0 Å². The van der Waals surface area contributed by atoms with Gasteiger partial charge in [0.2, 0.25) is 5.91 Å². The molecular weight excluding hydrogens is 581 g/mol. The Labute approximate surface area is 246 Å². The Morgan fingerprint density at radius 1 is 1.05 bits per heavy atom. The van der Waals surface area contributed by atoms with Crippen LogP contribution in [0.15, 0.2) is 93.0 Å². The van der Waals surface area contributed by atoms with Crippen molar-refractivity contribution >= 4 is 49.8 Å². The minimum absolute atomic E-state index is 0.0296. The Morgan fingerprint density at radius 3 is 2.44 bits per heavy atom. The fraction of sp³-hybridized carbons (Fsp3) is 0.214. The monoisotopic (exact) mass is 608 g/mol.